The van der Waals surface area contributed by atoms with Crippen molar-refractivity contribution in [3.05, 3.63) is 71.2 Å². The van der Waals surface area contributed by atoms with Crippen LogP contribution in [0.15, 0.2) is 65.5 Å². The third-order valence-corrected chi connectivity index (χ3v) is 3.97. The van der Waals surface area contributed by atoms with Crippen molar-refractivity contribution in [2.24, 2.45) is 5.73 Å². The molecule has 5 nitrogen and oxygen atoms in total. The van der Waals surface area contributed by atoms with Crippen LogP contribution in [-0.2, 0) is 11.2 Å². The van der Waals surface area contributed by atoms with Crippen LogP contribution in [0.4, 0.5) is 5.69 Å². The van der Waals surface area contributed by atoms with Crippen molar-refractivity contribution in [1.82, 2.24) is 4.98 Å². The maximum Gasteiger partial charge on any atom is 0.241 e. The Balaban J connectivity index is 1.62. The summed E-state index contributed by atoms with van der Waals surface area (Å²) >= 11 is 1.49. The summed E-state index contributed by atoms with van der Waals surface area (Å²) in [4.78, 5) is 16.4. The molecule has 0 aliphatic heterocycles. The number of hydrogen-bond donors (Lipinski definition) is 2. The Morgan fingerprint density at radius 1 is 1.17 bits per heavy atom. The molecule has 24 heavy (non-hydrogen) atoms. The first-order valence-corrected chi connectivity index (χ1v) is 8.41. The lowest BCUT2D eigenvalue weighted by Crippen LogP contribution is -2.37. The molecule has 1 amide bonds. The Hall–Kier alpha value is -2.70. The van der Waals surface area contributed by atoms with Gasteiger partial charge in [0.05, 0.1) is 17.2 Å². The normalized spacial score (nSPS) is 11.7. The largest absolute Gasteiger partial charge is 0.457 e. The number of ether oxygens (including phenoxy) is 1. The molecule has 0 saturated heterocycles. The topological polar surface area (TPSA) is 77.2 Å². The zero-order valence-electron chi connectivity index (χ0n) is 12.9. The van der Waals surface area contributed by atoms with Gasteiger partial charge in [-0.15, -0.1) is 11.3 Å². The van der Waals surface area contributed by atoms with E-state index >= 15 is 0 Å². The first kappa shape index (κ1) is 16.2. The number of carbonyl (C=O) groups excluding carboxylic acids is 1. The Kier molecular flexibility index (Phi) is 5.20. The fourth-order valence-corrected chi connectivity index (χ4v) is 2.72. The van der Waals surface area contributed by atoms with Crippen LogP contribution < -0.4 is 15.8 Å². The van der Waals surface area contributed by atoms with Gasteiger partial charge in [0.1, 0.15) is 11.5 Å². The fraction of sp³-hybridized carbons (Fsp3) is 0.111. The van der Waals surface area contributed by atoms with Gasteiger partial charge in [-0.3, -0.25) is 4.79 Å². The molecule has 3 rings (SSSR count). The van der Waals surface area contributed by atoms with E-state index in [1.807, 2.05) is 47.8 Å². The quantitative estimate of drug-likeness (QED) is 0.721. The molecule has 0 saturated carbocycles. The van der Waals surface area contributed by atoms with Gasteiger partial charge < -0.3 is 15.8 Å². The molecule has 1 atom stereocenters. The van der Waals surface area contributed by atoms with Crippen LogP contribution in [0.1, 0.15) is 5.69 Å². The summed E-state index contributed by atoms with van der Waals surface area (Å²) in [7, 11) is 0. The van der Waals surface area contributed by atoms with Gasteiger partial charge >= 0.3 is 0 Å². The number of amides is 1. The second kappa shape index (κ2) is 7.72. The highest BCUT2D eigenvalue weighted by molar-refractivity contribution is 7.07. The summed E-state index contributed by atoms with van der Waals surface area (Å²) in [5.74, 6) is 1.13. The molecule has 6 heteroatoms. The number of nitrogens with two attached hydrogens (primary N) is 1. The lowest BCUT2D eigenvalue weighted by atomic mass is 10.1. The van der Waals surface area contributed by atoms with Crippen LogP contribution in [0, 0.1) is 0 Å². The van der Waals surface area contributed by atoms with Crippen LogP contribution in [0.3, 0.4) is 0 Å². The smallest absolute Gasteiger partial charge is 0.241 e. The van der Waals surface area contributed by atoms with Crippen molar-refractivity contribution in [3.8, 4) is 11.5 Å². The van der Waals surface area contributed by atoms with Crippen molar-refractivity contribution in [2.45, 2.75) is 12.5 Å². The number of nitrogens with zero attached hydrogens (tertiary/aromatic N) is 1. The van der Waals surface area contributed by atoms with Gasteiger partial charge in [0.25, 0.3) is 0 Å². The monoisotopic (exact) mass is 339 g/mol. The molecule has 0 spiro atoms. The van der Waals surface area contributed by atoms with Gasteiger partial charge in [-0.25, -0.2) is 4.98 Å². The highest BCUT2D eigenvalue weighted by atomic mass is 32.1. The maximum atomic E-state index is 12.2. The second-order valence-electron chi connectivity index (χ2n) is 5.22. The Bertz CT molecular complexity index is 791. The number of nitrogens with one attached hydrogen (secondary N) is 1. The average Bonchev–Trinajstić information content (AvgIpc) is 3.09. The molecule has 1 heterocycles. The highest BCUT2D eigenvalue weighted by Gasteiger charge is 2.15. The lowest BCUT2D eigenvalue weighted by Gasteiger charge is -2.12. The van der Waals surface area contributed by atoms with Crippen LogP contribution in [0.5, 0.6) is 11.5 Å². The molecule has 0 unspecified atom stereocenters. The van der Waals surface area contributed by atoms with Crippen LogP contribution in [0.2, 0.25) is 0 Å². The first-order valence-electron chi connectivity index (χ1n) is 7.47. The summed E-state index contributed by atoms with van der Waals surface area (Å²) < 4.78 is 5.76. The predicted molar refractivity (Wildman–Crippen MR) is 95.4 cm³/mol. The van der Waals surface area contributed by atoms with Gasteiger partial charge in [0.15, 0.2) is 0 Å². The number of hydrogen-bond acceptors (Lipinski definition) is 5. The van der Waals surface area contributed by atoms with E-state index in [0.717, 1.165) is 11.4 Å². The van der Waals surface area contributed by atoms with Crippen LogP contribution >= 0.6 is 11.3 Å². The van der Waals surface area contributed by atoms with E-state index in [2.05, 4.69) is 10.3 Å². The third-order valence-electron chi connectivity index (χ3n) is 3.33. The number of anilines is 1. The van der Waals surface area contributed by atoms with Crippen molar-refractivity contribution in [3.63, 3.8) is 0 Å². The van der Waals surface area contributed by atoms with Gasteiger partial charge in [0, 0.05) is 23.6 Å². The predicted octanol–water partition coefficient (Wildman–Crippen LogP) is 3.44. The molecule has 3 N–H and O–H groups in total. The molecule has 2 aromatic carbocycles. The zero-order chi connectivity index (χ0) is 16.8. The molecule has 0 aliphatic rings. The minimum absolute atomic E-state index is 0.250. The Morgan fingerprint density at radius 3 is 2.71 bits per heavy atom. The molecule has 122 valence electrons. The van der Waals surface area contributed by atoms with Crippen molar-refractivity contribution < 1.29 is 9.53 Å². The zero-order valence-corrected chi connectivity index (χ0v) is 13.7. The summed E-state index contributed by atoms with van der Waals surface area (Å²) in [5.41, 5.74) is 9.13. The first-order chi connectivity index (χ1) is 11.7. The van der Waals surface area contributed by atoms with E-state index < -0.39 is 6.04 Å². The SMILES string of the molecule is N[C@H](Cc1cscn1)C(=O)Nc1cccc(Oc2ccccc2)c1. The summed E-state index contributed by atoms with van der Waals surface area (Å²) in [6.07, 6.45) is 0.412. The van der Waals surface area contributed by atoms with Gasteiger partial charge in [-0.05, 0) is 24.3 Å². The molecule has 0 aliphatic carbocycles. The van der Waals surface area contributed by atoms with E-state index in [1.54, 1.807) is 17.6 Å². The number of thiazole rings is 1. The van der Waals surface area contributed by atoms with Gasteiger partial charge in [-0.1, -0.05) is 24.3 Å². The number of aromatic nitrogens is 1. The van der Waals surface area contributed by atoms with Crippen LogP contribution in [0.25, 0.3) is 0 Å². The van der Waals surface area contributed by atoms with E-state index in [9.17, 15) is 4.79 Å². The van der Waals surface area contributed by atoms with E-state index in [0.29, 0.717) is 17.9 Å². The second-order valence-corrected chi connectivity index (χ2v) is 5.94. The third kappa shape index (κ3) is 4.41. The maximum absolute atomic E-state index is 12.2. The van der Waals surface area contributed by atoms with Crippen molar-refractivity contribution in [1.29, 1.82) is 0 Å². The van der Waals surface area contributed by atoms with E-state index in [-0.39, 0.29) is 5.91 Å². The standard InChI is InChI=1S/C18H17N3O2S/c19-17(10-14-11-24-12-20-14)18(22)21-13-5-4-8-16(9-13)23-15-6-2-1-3-7-15/h1-9,11-12,17H,10,19H2,(H,21,22)/t17-/m1/s1. The highest BCUT2D eigenvalue weighted by Crippen LogP contribution is 2.23. The molecule has 0 radical (unpaired) electrons. The molecule has 3 aromatic rings. The van der Waals surface area contributed by atoms with Gasteiger partial charge in [0.2, 0.25) is 5.91 Å². The van der Waals surface area contributed by atoms with Crippen molar-refractivity contribution in [2.75, 3.05) is 5.32 Å². The number of rotatable bonds is 6. The molecule has 1 aromatic heterocycles. The van der Waals surface area contributed by atoms with E-state index in [1.165, 1.54) is 11.3 Å². The van der Waals surface area contributed by atoms with Crippen molar-refractivity contribution >= 4 is 22.9 Å². The van der Waals surface area contributed by atoms with Crippen LogP contribution in [-0.4, -0.2) is 16.9 Å². The lowest BCUT2D eigenvalue weighted by molar-refractivity contribution is -0.117. The summed E-state index contributed by atoms with van der Waals surface area (Å²) in [6, 6.07) is 16.0. The fourth-order valence-electron chi connectivity index (χ4n) is 2.15. The number of benzene rings is 2. The number of carbonyl (C=O) groups is 1. The Labute approximate surface area is 144 Å². The van der Waals surface area contributed by atoms with Gasteiger partial charge in [-0.2, -0.15) is 0 Å². The minimum Gasteiger partial charge on any atom is -0.457 e. The summed E-state index contributed by atoms with van der Waals surface area (Å²) in [5, 5.41) is 4.70. The molecular weight excluding hydrogens is 322 g/mol. The summed E-state index contributed by atoms with van der Waals surface area (Å²) in [6.45, 7) is 0. The Morgan fingerprint density at radius 2 is 1.96 bits per heavy atom. The number of para-hydroxylation sites is 1. The minimum atomic E-state index is -0.647. The van der Waals surface area contributed by atoms with E-state index in [4.69, 9.17) is 10.5 Å². The molecule has 0 bridgehead atoms. The molecular formula is C18H17N3O2S. The molecule has 0 fully saturated rings. The average molecular weight is 339 g/mol.